The molecular formula is C17H15N3O3S. The van der Waals surface area contributed by atoms with Crippen LogP contribution in [0.1, 0.15) is 24.1 Å². The minimum Gasteiger partial charge on any atom is -0.349 e. The molecule has 6 nitrogen and oxygen atoms in total. The van der Waals surface area contributed by atoms with Crippen molar-refractivity contribution < 1.29 is 9.72 Å². The molecule has 0 bridgehead atoms. The lowest BCUT2D eigenvalue weighted by Gasteiger charge is -2.14. The SMILES string of the molecule is CC(NC(=O)CSc1ccc([N+](=O)[O-])cc1)c1ccc(C#N)cc1. The molecule has 24 heavy (non-hydrogen) atoms. The fourth-order valence-electron chi connectivity index (χ4n) is 2.03. The van der Waals surface area contributed by atoms with Crippen molar-refractivity contribution in [2.24, 2.45) is 0 Å². The smallest absolute Gasteiger partial charge is 0.269 e. The van der Waals surface area contributed by atoms with E-state index in [0.29, 0.717) is 5.56 Å². The Hall–Kier alpha value is -2.85. The lowest BCUT2D eigenvalue weighted by molar-refractivity contribution is -0.384. The molecule has 1 unspecified atom stereocenters. The van der Waals surface area contributed by atoms with Gasteiger partial charge >= 0.3 is 0 Å². The zero-order chi connectivity index (χ0) is 17.5. The van der Waals surface area contributed by atoms with E-state index in [-0.39, 0.29) is 23.4 Å². The summed E-state index contributed by atoms with van der Waals surface area (Å²) in [5.74, 6) is 0.0912. The van der Waals surface area contributed by atoms with Gasteiger partial charge in [-0.2, -0.15) is 5.26 Å². The molecule has 1 atom stereocenters. The van der Waals surface area contributed by atoms with Gasteiger partial charge in [0, 0.05) is 17.0 Å². The molecule has 0 saturated heterocycles. The third-order valence-electron chi connectivity index (χ3n) is 3.33. The Balaban J connectivity index is 1.86. The molecule has 1 N–H and O–H groups in total. The van der Waals surface area contributed by atoms with Gasteiger partial charge in [-0.1, -0.05) is 12.1 Å². The number of hydrogen-bond acceptors (Lipinski definition) is 5. The highest BCUT2D eigenvalue weighted by molar-refractivity contribution is 8.00. The number of nitrogens with zero attached hydrogens (tertiary/aromatic N) is 2. The van der Waals surface area contributed by atoms with Gasteiger partial charge in [0.15, 0.2) is 0 Å². The summed E-state index contributed by atoms with van der Waals surface area (Å²) in [7, 11) is 0. The molecule has 0 radical (unpaired) electrons. The largest absolute Gasteiger partial charge is 0.349 e. The van der Waals surface area contributed by atoms with E-state index in [0.717, 1.165) is 10.5 Å². The second-order valence-corrected chi connectivity index (χ2v) is 6.11. The van der Waals surface area contributed by atoms with E-state index in [1.165, 1.54) is 23.9 Å². The second-order valence-electron chi connectivity index (χ2n) is 5.06. The molecule has 0 aliphatic carbocycles. The van der Waals surface area contributed by atoms with Crippen molar-refractivity contribution in [2.45, 2.75) is 17.9 Å². The third kappa shape index (κ3) is 4.83. The lowest BCUT2D eigenvalue weighted by atomic mass is 10.1. The molecule has 122 valence electrons. The first-order chi connectivity index (χ1) is 11.5. The first kappa shape index (κ1) is 17.5. The molecule has 0 spiro atoms. The van der Waals surface area contributed by atoms with Crippen LogP contribution in [0.5, 0.6) is 0 Å². The van der Waals surface area contributed by atoms with Gasteiger partial charge in [-0.05, 0) is 36.8 Å². The van der Waals surface area contributed by atoms with Crippen LogP contribution in [0, 0.1) is 21.4 Å². The summed E-state index contributed by atoms with van der Waals surface area (Å²) in [5.41, 5.74) is 1.52. The van der Waals surface area contributed by atoms with Gasteiger partial charge in [0.2, 0.25) is 5.91 Å². The van der Waals surface area contributed by atoms with Crippen molar-refractivity contribution in [3.05, 3.63) is 69.8 Å². The Bertz CT molecular complexity index is 767. The molecule has 7 heteroatoms. The number of carbonyl (C=O) groups is 1. The fraction of sp³-hybridized carbons (Fsp3) is 0.176. The average Bonchev–Trinajstić information content (AvgIpc) is 2.60. The van der Waals surface area contributed by atoms with Gasteiger partial charge in [-0.3, -0.25) is 14.9 Å². The first-order valence-corrected chi connectivity index (χ1v) is 8.15. The molecule has 0 aliphatic heterocycles. The number of thioether (sulfide) groups is 1. The van der Waals surface area contributed by atoms with Gasteiger partial charge in [0.1, 0.15) is 0 Å². The molecule has 0 fully saturated rings. The Morgan fingerprint density at radius 3 is 2.42 bits per heavy atom. The van der Waals surface area contributed by atoms with E-state index in [4.69, 9.17) is 5.26 Å². The van der Waals surface area contributed by atoms with Gasteiger partial charge in [-0.15, -0.1) is 11.8 Å². The lowest BCUT2D eigenvalue weighted by Crippen LogP contribution is -2.28. The van der Waals surface area contributed by atoms with Crippen LogP contribution in [-0.2, 0) is 4.79 Å². The van der Waals surface area contributed by atoms with Gasteiger partial charge in [0.05, 0.1) is 28.4 Å². The van der Waals surface area contributed by atoms with E-state index < -0.39 is 4.92 Å². The summed E-state index contributed by atoms with van der Waals surface area (Å²) in [6, 6.07) is 15.0. The molecule has 2 aromatic carbocycles. The van der Waals surface area contributed by atoms with Crippen LogP contribution >= 0.6 is 11.8 Å². The zero-order valence-electron chi connectivity index (χ0n) is 12.9. The van der Waals surface area contributed by atoms with Crippen LogP contribution < -0.4 is 5.32 Å². The van der Waals surface area contributed by atoms with Crippen molar-refractivity contribution >= 4 is 23.4 Å². The molecule has 0 aromatic heterocycles. The number of rotatable bonds is 6. The van der Waals surface area contributed by atoms with Gasteiger partial charge in [-0.25, -0.2) is 0 Å². The Morgan fingerprint density at radius 2 is 1.88 bits per heavy atom. The summed E-state index contributed by atoms with van der Waals surface area (Å²) in [6.07, 6.45) is 0. The second kappa shape index (κ2) is 8.13. The first-order valence-electron chi connectivity index (χ1n) is 7.16. The third-order valence-corrected chi connectivity index (χ3v) is 4.35. The molecule has 2 aromatic rings. The highest BCUT2D eigenvalue weighted by Crippen LogP contribution is 2.21. The average molecular weight is 341 g/mol. The van der Waals surface area contributed by atoms with Crippen molar-refractivity contribution in [3.8, 4) is 6.07 Å². The summed E-state index contributed by atoms with van der Waals surface area (Å²) >= 11 is 1.31. The fourth-order valence-corrected chi connectivity index (χ4v) is 2.74. The van der Waals surface area contributed by atoms with Gasteiger partial charge in [0.25, 0.3) is 5.69 Å². The number of nitro groups is 1. The molecule has 1 amide bonds. The van der Waals surface area contributed by atoms with E-state index >= 15 is 0 Å². The standard InChI is InChI=1S/C17H15N3O3S/c1-12(14-4-2-13(10-18)3-5-14)19-17(21)11-24-16-8-6-15(7-9-16)20(22)23/h2-9,12H,11H2,1H3,(H,19,21). The quantitative estimate of drug-likeness (QED) is 0.493. The van der Waals surface area contributed by atoms with Crippen molar-refractivity contribution in [3.63, 3.8) is 0 Å². The number of nitriles is 1. The Morgan fingerprint density at radius 1 is 1.25 bits per heavy atom. The van der Waals surface area contributed by atoms with Crippen molar-refractivity contribution in [1.82, 2.24) is 5.32 Å². The highest BCUT2D eigenvalue weighted by Gasteiger charge is 2.11. The number of hydrogen-bond donors (Lipinski definition) is 1. The van der Waals surface area contributed by atoms with E-state index in [1.807, 2.05) is 19.1 Å². The monoisotopic (exact) mass is 341 g/mol. The predicted molar refractivity (Wildman–Crippen MR) is 91.5 cm³/mol. The van der Waals surface area contributed by atoms with Gasteiger partial charge < -0.3 is 5.32 Å². The summed E-state index contributed by atoms with van der Waals surface area (Å²) in [4.78, 5) is 22.9. The Kier molecular flexibility index (Phi) is 5.93. The van der Waals surface area contributed by atoms with Crippen LogP contribution in [0.15, 0.2) is 53.4 Å². The van der Waals surface area contributed by atoms with Crippen LogP contribution in [-0.4, -0.2) is 16.6 Å². The number of amides is 1. The van der Waals surface area contributed by atoms with Crippen molar-refractivity contribution in [2.75, 3.05) is 5.75 Å². The molecular weight excluding hydrogens is 326 g/mol. The molecule has 0 heterocycles. The van der Waals surface area contributed by atoms with Crippen LogP contribution in [0.3, 0.4) is 0 Å². The highest BCUT2D eigenvalue weighted by atomic mass is 32.2. The van der Waals surface area contributed by atoms with E-state index in [1.54, 1.807) is 24.3 Å². The Labute approximate surface area is 143 Å². The number of non-ortho nitro benzene ring substituents is 1. The minimum absolute atomic E-state index is 0.0261. The molecule has 0 saturated carbocycles. The summed E-state index contributed by atoms with van der Waals surface area (Å²) in [5, 5.41) is 22.3. The summed E-state index contributed by atoms with van der Waals surface area (Å²) < 4.78 is 0. The maximum atomic E-state index is 12.0. The summed E-state index contributed by atoms with van der Waals surface area (Å²) in [6.45, 7) is 1.87. The van der Waals surface area contributed by atoms with Crippen LogP contribution in [0.4, 0.5) is 5.69 Å². The molecule has 0 aliphatic rings. The zero-order valence-corrected chi connectivity index (χ0v) is 13.7. The maximum Gasteiger partial charge on any atom is 0.269 e. The van der Waals surface area contributed by atoms with Crippen LogP contribution in [0.2, 0.25) is 0 Å². The molecule has 2 rings (SSSR count). The van der Waals surface area contributed by atoms with E-state index in [9.17, 15) is 14.9 Å². The number of carbonyl (C=O) groups excluding carboxylic acids is 1. The van der Waals surface area contributed by atoms with E-state index in [2.05, 4.69) is 11.4 Å². The number of benzene rings is 2. The number of nitrogens with one attached hydrogen (secondary N) is 1. The topological polar surface area (TPSA) is 96.0 Å². The minimum atomic E-state index is -0.458. The predicted octanol–water partition coefficient (Wildman–Crippen LogP) is 3.44. The normalized spacial score (nSPS) is 11.3. The van der Waals surface area contributed by atoms with Crippen LogP contribution in [0.25, 0.3) is 0 Å². The van der Waals surface area contributed by atoms with Crippen molar-refractivity contribution in [1.29, 1.82) is 5.26 Å². The maximum absolute atomic E-state index is 12.0. The number of nitro benzene ring substituents is 1.